The van der Waals surface area contributed by atoms with Gasteiger partial charge in [-0.25, -0.2) is 4.98 Å². The van der Waals surface area contributed by atoms with Gasteiger partial charge in [0.1, 0.15) is 5.82 Å². The highest BCUT2D eigenvalue weighted by Gasteiger charge is 2.45. The number of carbonyl (C=O) groups is 2. The molecule has 0 bridgehead atoms. The smallest absolute Gasteiger partial charge is 0.306 e. The molecule has 0 spiro atoms. The van der Waals surface area contributed by atoms with Gasteiger partial charge in [-0.1, -0.05) is 36.4 Å². The minimum atomic E-state index is -0.986. The molecule has 0 saturated carbocycles. The van der Waals surface area contributed by atoms with Crippen molar-refractivity contribution < 1.29 is 14.3 Å². The Balaban J connectivity index is 2.05. The van der Waals surface area contributed by atoms with E-state index in [2.05, 4.69) is 4.98 Å². The molecule has 1 aromatic heterocycles. The number of hydrogen-bond acceptors (Lipinski definition) is 4. The summed E-state index contributed by atoms with van der Waals surface area (Å²) in [6, 6.07) is 15.1. The fraction of sp³-hybridized carbons (Fsp3) is 0.211. The van der Waals surface area contributed by atoms with Crippen LogP contribution in [0.4, 0.5) is 0 Å². The second-order valence-electron chi connectivity index (χ2n) is 6.20. The van der Waals surface area contributed by atoms with Gasteiger partial charge < -0.3 is 4.74 Å². The van der Waals surface area contributed by atoms with Crippen molar-refractivity contribution in [3.63, 3.8) is 0 Å². The van der Waals surface area contributed by atoms with Crippen LogP contribution in [-0.4, -0.2) is 28.5 Å². The average Bonchev–Trinajstić information content (AvgIpc) is 2.99. The lowest BCUT2D eigenvalue weighted by Gasteiger charge is -2.34. The summed E-state index contributed by atoms with van der Waals surface area (Å²) in [6.45, 7) is 1.79. The van der Waals surface area contributed by atoms with Crippen LogP contribution in [0.25, 0.3) is 22.4 Å². The Morgan fingerprint density at radius 2 is 1.88 bits per heavy atom. The normalized spacial score (nSPS) is 19.0. The Labute approximate surface area is 138 Å². The highest BCUT2D eigenvalue weighted by molar-refractivity contribution is 6.05. The van der Waals surface area contributed by atoms with Crippen LogP contribution in [0.5, 0.6) is 0 Å². The van der Waals surface area contributed by atoms with Crippen LogP contribution in [0.2, 0.25) is 0 Å². The largest absolute Gasteiger partial charge is 0.469 e. The van der Waals surface area contributed by atoms with Gasteiger partial charge >= 0.3 is 5.97 Å². The molecule has 2 heterocycles. The zero-order valence-electron chi connectivity index (χ0n) is 13.4. The number of para-hydroxylation sites is 2. The lowest BCUT2D eigenvalue weighted by atomic mass is 9.74. The maximum absolute atomic E-state index is 13.3. The van der Waals surface area contributed by atoms with Crippen molar-refractivity contribution in [1.82, 2.24) is 9.55 Å². The summed E-state index contributed by atoms with van der Waals surface area (Å²) in [4.78, 5) is 29.9. The fourth-order valence-corrected chi connectivity index (χ4v) is 3.47. The van der Waals surface area contributed by atoms with Crippen LogP contribution in [-0.2, 0) is 14.9 Å². The van der Waals surface area contributed by atoms with Gasteiger partial charge in [-0.15, -0.1) is 0 Å². The topological polar surface area (TPSA) is 61.2 Å². The Bertz CT molecular complexity index is 989. The quantitative estimate of drug-likeness (QED) is 0.680. The lowest BCUT2D eigenvalue weighted by molar-refractivity contribution is -0.141. The predicted molar refractivity (Wildman–Crippen MR) is 89.8 cm³/mol. The van der Waals surface area contributed by atoms with E-state index in [4.69, 9.17) is 4.74 Å². The molecule has 1 aliphatic heterocycles. The number of fused-ring (bicyclic) bond motifs is 5. The summed E-state index contributed by atoms with van der Waals surface area (Å²) in [7, 11) is 1.34. The van der Waals surface area contributed by atoms with Crippen LogP contribution >= 0.6 is 0 Å². The molecule has 0 aliphatic carbocycles. The molecular weight excluding hydrogens is 304 g/mol. The highest BCUT2D eigenvalue weighted by Crippen LogP contribution is 2.43. The molecule has 1 unspecified atom stereocenters. The molecule has 0 saturated heterocycles. The van der Waals surface area contributed by atoms with Crippen molar-refractivity contribution in [2.75, 3.05) is 7.11 Å². The van der Waals surface area contributed by atoms with Gasteiger partial charge in [0.05, 0.1) is 30.0 Å². The van der Waals surface area contributed by atoms with Crippen LogP contribution in [0.3, 0.4) is 0 Å². The van der Waals surface area contributed by atoms with Crippen LogP contribution in [0.15, 0.2) is 48.5 Å². The summed E-state index contributed by atoms with van der Waals surface area (Å²) >= 11 is 0. The molecule has 120 valence electrons. The number of aromatic nitrogens is 2. The molecular formula is C19H16N2O3. The summed E-state index contributed by atoms with van der Waals surface area (Å²) in [5, 5.41) is 0. The number of nitrogens with zero attached hydrogens (tertiary/aromatic N) is 2. The monoisotopic (exact) mass is 320 g/mol. The third-order valence-electron chi connectivity index (χ3n) is 4.72. The number of imidazole rings is 1. The van der Waals surface area contributed by atoms with E-state index < -0.39 is 11.4 Å². The van der Waals surface area contributed by atoms with Gasteiger partial charge in [-0.2, -0.15) is 0 Å². The van der Waals surface area contributed by atoms with Crippen LogP contribution in [0, 0.1) is 0 Å². The summed E-state index contributed by atoms with van der Waals surface area (Å²) < 4.78 is 6.45. The first kappa shape index (κ1) is 14.6. The predicted octanol–water partition coefficient (Wildman–Crippen LogP) is 3.18. The molecule has 24 heavy (non-hydrogen) atoms. The first-order valence-electron chi connectivity index (χ1n) is 7.75. The third kappa shape index (κ3) is 1.84. The van der Waals surface area contributed by atoms with Crippen molar-refractivity contribution in [2.45, 2.75) is 18.8 Å². The fourth-order valence-electron chi connectivity index (χ4n) is 3.47. The maximum Gasteiger partial charge on any atom is 0.306 e. The Hall–Kier alpha value is -2.95. The van der Waals surface area contributed by atoms with E-state index in [0.717, 1.165) is 22.2 Å². The van der Waals surface area contributed by atoms with Crippen molar-refractivity contribution in [3.8, 4) is 11.4 Å². The van der Waals surface area contributed by atoms with E-state index in [0.29, 0.717) is 5.82 Å². The molecule has 5 heteroatoms. The first-order valence-corrected chi connectivity index (χ1v) is 7.75. The average molecular weight is 320 g/mol. The van der Waals surface area contributed by atoms with E-state index in [1.54, 1.807) is 11.5 Å². The number of carbonyl (C=O) groups excluding carboxylic acids is 2. The number of esters is 1. The molecule has 0 N–H and O–H groups in total. The molecule has 4 rings (SSSR count). The zero-order valence-corrected chi connectivity index (χ0v) is 13.4. The van der Waals surface area contributed by atoms with Gasteiger partial charge in [0, 0.05) is 5.56 Å². The van der Waals surface area contributed by atoms with Gasteiger partial charge in [0.15, 0.2) is 0 Å². The third-order valence-corrected chi connectivity index (χ3v) is 4.72. The molecule has 1 aliphatic rings. The molecule has 0 fully saturated rings. The highest BCUT2D eigenvalue weighted by atomic mass is 16.5. The number of ether oxygens (including phenoxy) is 1. The number of hydrogen-bond donors (Lipinski definition) is 0. The van der Waals surface area contributed by atoms with Crippen LogP contribution < -0.4 is 0 Å². The molecule has 0 radical (unpaired) electrons. The van der Waals surface area contributed by atoms with Gasteiger partial charge in [0.25, 0.3) is 0 Å². The van der Waals surface area contributed by atoms with Crippen molar-refractivity contribution in [3.05, 3.63) is 54.1 Å². The number of benzene rings is 2. The van der Waals surface area contributed by atoms with Crippen molar-refractivity contribution in [1.29, 1.82) is 0 Å². The Morgan fingerprint density at radius 1 is 1.17 bits per heavy atom. The minimum absolute atomic E-state index is 0.00864. The molecule has 2 aromatic carbocycles. The Kier molecular flexibility index (Phi) is 3.06. The molecule has 0 amide bonds. The van der Waals surface area contributed by atoms with E-state index in [9.17, 15) is 9.59 Å². The SMILES string of the molecule is COC(=O)CC1(C)C(=O)n2c(nc3ccccc32)-c2ccccc21. The van der Waals surface area contributed by atoms with E-state index >= 15 is 0 Å². The zero-order chi connectivity index (χ0) is 16.9. The van der Waals surface area contributed by atoms with Gasteiger partial charge in [-0.05, 0) is 24.6 Å². The second-order valence-corrected chi connectivity index (χ2v) is 6.20. The van der Waals surface area contributed by atoms with E-state index in [1.165, 1.54) is 7.11 Å². The van der Waals surface area contributed by atoms with Crippen LogP contribution in [0.1, 0.15) is 23.7 Å². The Morgan fingerprint density at radius 3 is 2.67 bits per heavy atom. The summed E-state index contributed by atoms with van der Waals surface area (Å²) in [5.74, 6) is 0.0583. The second kappa shape index (κ2) is 5.03. The first-order chi connectivity index (χ1) is 11.6. The number of methoxy groups -OCH3 is 1. The van der Waals surface area contributed by atoms with Gasteiger partial charge in [-0.3, -0.25) is 14.2 Å². The van der Waals surface area contributed by atoms with E-state index in [1.807, 2.05) is 48.5 Å². The molecule has 3 aromatic rings. The summed E-state index contributed by atoms with van der Waals surface area (Å²) in [6.07, 6.45) is -0.00864. The summed E-state index contributed by atoms with van der Waals surface area (Å²) in [5.41, 5.74) is 2.21. The molecule has 1 atom stereocenters. The molecule has 5 nitrogen and oxygen atoms in total. The van der Waals surface area contributed by atoms with Crippen molar-refractivity contribution >= 4 is 22.9 Å². The van der Waals surface area contributed by atoms with Crippen molar-refractivity contribution in [2.24, 2.45) is 0 Å². The van der Waals surface area contributed by atoms with E-state index in [-0.39, 0.29) is 12.3 Å². The minimum Gasteiger partial charge on any atom is -0.469 e. The number of rotatable bonds is 2. The lowest BCUT2D eigenvalue weighted by Crippen LogP contribution is -2.42. The maximum atomic E-state index is 13.3. The standard InChI is InChI=1S/C19H16N2O3/c1-19(11-16(22)24-2)13-8-4-3-7-12(13)17-20-14-9-5-6-10-15(14)21(17)18(19)23/h3-10H,11H2,1-2H3. The van der Waals surface area contributed by atoms with Gasteiger partial charge in [0.2, 0.25) is 5.91 Å².